The van der Waals surface area contributed by atoms with Crippen molar-refractivity contribution in [1.82, 2.24) is 0 Å². The van der Waals surface area contributed by atoms with Gasteiger partial charge in [-0.3, -0.25) is 0 Å². The van der Waals surface area contributed by atoms with Crippen molar-refractivity contribution in [3.8, 4) is 11.1 Å². The van der Waals surface area contributed by atoms with Crippen LogP contribution < -0.4 is 0 Å². The number of rotatable bonds is 10. The molecule has 1 heterocycles. The monoisotopic (exact) mass is 374 g/mol. The van der Waals surface area contributed by atoms with Gasteiger partial charge < -0.3 is 9.47 Å². The molecule has 2 nitrogen and oxygen atoms in total. The quantitative estimate of drug-likeness (QED) is 0.277. The summed E-state index contributed by atoms with van der Waals surface area (Å²) in [6.07, 6.45) is 13.8. The van der Waals surface area contributed by atoms with E-state index in [1.807, 2.05) is 25.2 Å². The minimum absolute atomic E-state index is 0.305. The number of hydrogen-bond acceptors (Lipinski definition) is 2. The Morgan fingerprint density at radius 2 is 1.61 bits per heavy atom. The lowest BCUT2D eigenvalue weighted by molar-refractivity contribution is 0.185. The first-order valence-electron chi connectivity index (χ1n) is 10.2. The molecule has 2 aromatic carbocycles. The second-order valence-corrected chi connectivity index (χ2v) is 7.20. The third-order valence-corrected chi connectivity index (χ3v) is 4.72. The van der Waals surface area contributed by atoms with Crippen molar-refractivity contribution in [3.63, 3.8) is 0 Å². The first-order valence-corrected chi connectivity index (χ1v) is 10.2. The van der Waals surface area contributed by atoms with Gasteiger partial charge in [-0.05, 0) is 48.1 Å². The zero-order valence-corrected chi connectivity index (χ0v) is 16.9. The van der Waals surface area contributed by atoms with Crippen molar-refractivity contribution >= 4 is 0 Å². The Morgan fingerprint density at radius 3 is 2.21 bits per heavy atom. The molecule has 0 bridgehead atoms. The molecule has 1 unspecified atom stereocenters. The molecule has 0 spiro atoms. The van der Waals surface area contributed by atoms with Gasteiger partial charge in [-0.1, -0.05) is 86.2 Å². The molecule has 1 saturated heterocycles. The molecule has 146 valence electrons. The summed E-state index contributed by atoms with van der Waals surface area (Å²) >= 11 is 0. The minimum atomic E-state index is 0.305. The Hall–Kier alpha value is -2.58. The highest BCUT2D eigenvalue weighted by atomic mass is 16.6. The molecule has 1 aliphatic rings. The SMILES string of the molecule is CCCc1ccc(-c2ccc(C/C=C/C=C\C=C(/C)OCC3CO3)cc2)cc1. The Morgan fingerprint density at radius 1 is 0.964 bits per heavy atom. The van der Waals surface area contributed by atoms with Crippen LogP contribution in [0.2, 0.25) is 0 Å². The molecular weight excluding hydrogens is 344 g/mol. The lowest BCUT2D eigenvalue weighted by Gasteiger charge is -2.05. The van der Waals surface area contributed by atoms with E-state index in [2.05, 4.69) is 67.6 Å². The van der Waals surface area contributed by atoms with Gasteiger partial charge in [-0.25, -0.2) is 0 Å². The summed E-state index contributed by atoms with van der Waals surface area (Å²) < 4.78 is 10.7. The number of epoxide rings is 1. The maximum Gasteiger partial charge on any atom is 0.116 e. The molecule has 2 heteroatoms. The summed E-state index contributed by atoms with van der Waals surface area (Å²) in [5.74, 6) is 0.915. The fourth-order valence-electron chi connectivity index (χ4n) is 2.96. The van der Waals surface area contributed by atoms with Crippen LogP contribution >= 0.6 is 0 Å². The average Bonchev–Trinajstić information content (AvgIpc) is 3.55. The van der Waals surface area contributed by atoms with Crippen molar-refractivity contribution in [2.45, 2.75) is 39.2 Å². The minimum Gasteiger partial charge on any atom is -0.495 e. The highest BCUT2D eigenvalue weighted by Gasteiger charge is 2.22. The standard InChI is InChI=1S/C26H30O2/c1-3-8-22-11-15-24(16-12-22)25-17-13-23(14-18-25)10-7-5-4-6-9-21(2)27-19-26-20-28-26/h4-7,9,11-18,26H,3,8,10,19-20H2,1-2H3/b6-4-,7-5+,21-9+. The molecule has 0 aliphatic carbocycles. The lowest BCUT2D eigenvalue weighted by atomic mass is 10.0. The van der Waals surface area contributed by atoms with E-state index < -0.39 is 0 Å². The van der Waals surface area contributed by atoms with Gasteiger partial charge in [0, 0.05) is 0 Å². The summed E-state index contributed by atoms with van der Waals surface area (Å²) in [5.41, 5.74) is 5.28. The predicted molar refractivity (Wildman–Crippen MR) is 117 cm³/mol. The van der Waals surface area contributed by atoms with E-state index in [1.165, 1.54) is 28.7 Å². The van der Waals surface area contributed by atoms with E-state index in [0.717, 1.165) is 25.2 Å². The van der Waals surface area contributed by atoms with E-state index >= 15 is 0 Å². The number of aryl methyl sites for hydroxylation is 1. The highest BCUT2D eigenvalue weighted by molar-refractivity contribution is 5.64. The number of benzene rings is 2. The Kier molecular flexibility index (Phi) is 7.69. The van der Waals surface area contributed by atoms with Crippen LogP contribution in [-0.2, 0) is 22.3 Å². The normalized spacial score (nSPS) is 16.8. The Labute approximate surface area is 169 Å². The maximum atomic E-state index is 5.57. The van der Waals surface area contributed by atoms with Gasteiger partial charge in [0.2, 0.25) is 0 Å². The van der Waals surface area contributed by atoms with Crippen molar-refractivity contribution in [2.24, 2.45) is 0 Å². The summed E-state index contributed by atoms with van der Waals surface area (Å²) in [6.45, 7) is 5.67. The highest BCUT2D eigenvalue weighted by Crippen LogP contribution is 2.21. The molecule has 2 aromatic rings. The third kappa shape index (κ3) is 6.86. The van der Waals surface area contributed by atoms with Gasteiger partial charge in [0.1, 0.15) is 12.7 Å². The zero-order valence-electron chi connectivity index (χ0n) is 16.9. The van der Waals surface area contributed by atoms with Gasteiger partial charge in [0.05, 0.1) is 12.4 Å². The van der Waals surface area contributed by atoms with Gasteiger partial charge in [0.15, 0.2) is 0 Å². The van der Waals surface area contributed by atoms with Crippen LogP contribution in [0.3, 0.4) is 0 Å². The van der Waals surface area contributed by atoms with E-state index in [9.17, 15) is 0 Å². The van der Waals surface area contributed by atoms with E-state index in [1.54, 1.807) is 0 Å². The van der Waals surface area contributed by atoms with E-state index in [-0.39, 0.29) is 0 Å². The molecule has 0 aromatic heterocycles. The molecule has 0 N–H and O–H groups in total. The van der Waals surface area contributed by atoms with E-state index in [4.69, 9.17) is 9.47 Å². The number of ether oxygens (including phenoxy) is 2. The Balaban J connectivity index is 1.45. The largest absolute Gasteiger partial charge is 0.495 e. The summed E-state index contributed by atoms with van der Waals surface area (Å²) in [4.78, 5) is 0. The van der Waals surface area contributed by atoms with Crippen LogP contribution in [0.5, 0.6) is 0 Å². The van der Waals surface area contributed by atoms with Crippen LogP contribution in [-0.4, -0.2) is 19.3 Å². The van der Waals surface area contributed by atoms with Crippen LogP contribution in [0.4, 0.5) is 0 Å². The first kappa shape index (κ1) is 20.2. The average molecular weight is 375 g/mol. The fourth-order valence-corrected chi connectivity index (χ4v) is 2.96. The number of hydrogen-bond donors (Lipinski definition) is 0. The molecule has 0 saturated carbocycles. The number of allylic oxidation sites excluding steroid dienone is 6. The second kappa shape index (κ2) is 10.7. The zero-order chi connectivity index (χ0) is 19.6. The lowest BCUT2D eigenvalue weighted by Crippen LogP contribution is -1.98. The summed E-state index contributed by atoms with van der Waals surface area (Å²) in [7, 11) is 0. The first-order chi connectivity index (χ1) is 13.7. The predicted octanol–water partition coefficient (Wildman–Crippen LogP) is 6.28. The maximum absolute atomic E-state index is 5.57. The smallest absolute Gasteiger partial charge is 0.116 e. The molecule has 28 heavy (non-hydrogen) atoms. The molecule has 0 amide bonds. The third-order valence-electron chi connectivity index (χ3n) is 4.72. The van der Waals surface area contributed by atoms with Gasteiger partial charge in [-0.2, -0.15) is 0 Å². The van der Waals surface area contributed by atoms with Crippen molar-refractivity contribution in [2.75, 3.05) is 13.2 Å². The molecule has 1 atom stereocenters. The van der Waals surface area contributed by atoms with Crippen LogP contribution in [0.1, 0.15) is 31.4 Å². The van der Waals surface area contributed by atoms with Crippen molar-refractivity contribution in [1.29, 1.82) is 0 Å². The summed E-state index contributed by atoms with van der Waals surface area (Å²) in [6, 6.07) is 17.8. The van der Waals surface area contributed by atoms with Crippen molar-refractivity contribution in [3.05, 3.63) is 95.8 Å². The second-order valence-electron chi connectivity index (χ2n) is 7.20. The van der Waals surface area contributed by atoms with Gasteiger partial charge in [0.25, 0.3) is 0 Å². The Bertz CT molecular complexity index is 807. The van der Waals surface area contributed by atoms with Crippen LogP contribution in [0.15, 0.2) is 84.7 Å². The topological polar surface area (TPSA) is 21.8 Å². The molecular formula is C26H30O2. The molecule has 0 radical (unpaired) electrons. The fraction of sp³-hybridized carbons (Fsp3) is 0.308. The van der Waals surface area contributed by atoms with E-state index in [0.29, 0.717) is 12.7 Å². The van der Waals surface area contributed by atoms with Gasteiger partial charge >= 0.3 is 0 Å². The molecule has 1 fully saturated rings. The van der Waals surface area contributed by atoms with Gasteiger partial charge in [-0.15, -0.1) is 0 Å². The summed E-state index contributed by atoms with van der Waals surface area (Å²) in [5, 5.41) is 0. The molecule has 3 rings (SSSR count). The van der Waals surface area contributed by atoms with Crippen LogP contribution in [0.25, 0.3) is 11.1 Å². The van der Waals surface area contributed by atoms with Crippen LogP contribution in [0, 0.1) is 0 Å². The van der Waals surface area contributed by atoms with Crippen molar-refractivity contribution < 1.29 is 9.47 Å². The molecule has 1 aliphatic heterocycles.